The predicted octanol–water partition coefficient (Wildman–Crippen LogP) is 1.25. The van der Waals surface area contributed by atoms with Gasteiger partial charge in [-0.05, 0) is 43.9 Å². The summed E-state index contributed by atoms with van der Waals surface area (Å²) in [6, 6.07) is 4.88. The number of carbonyl (C=O) groups excluding carboxylic acids is 3. The number of carbonyl (C=O) groups is 3. The van der Waals surface area contributed by atoms with Gasteiger partial charge >= 0.3 is 6.03 Å². The van der Waals surface area contributed by atoms with Gasteiger partial charge in [-0.2, -0.15) is 0 Å². The van der Waals surface area contributed by atoms with Crippen LogP contribution in [0.3, 0.4) is 0 Å². The van der Waals surface area contributed by atoms with E-state index in [1.807, 2.05) is 18.7 Å². The van der Waals surface area contributed by atoms with Gasteiger partial charge in [0.1, 0.15) is 17.1 Å². The minimum Gasteiger partial charge on any atom is -0.490 e. The van der Waals surface area contributed by atoms with E-state index < -0.39 is 11.4 Å². The van der Waals surface area contributed by atoms with Crippen molar-refractivity contribution in [1.29, 1.82) is 0 Å². The number of fused-ring (bicyclic) bond motifs is 1. The van der Waals surface area contributed by atoms with E-state index in [4.69, 9.17) is 10.5 Å². The highest BCUT2D eigenvalue weighted by atomic mass is 16.5. The van der Waals surface area contributed by atoms with E-state index in [1.165, 1.54) is 7.05 Å². The molecule has 9 nitrogen and oxygen atoms in total. The van der Waals surface area contributed by atoms with E-state index in [-0.39, 0.29) is 18.0 Å². The van der Waals surface area contributed by atoms with E-state index >= 15 is 0 Å². The first-order chi connectivity index (χ1) is 13.7. The molecule has 9 heteroatoms. The van der Waals surface area contributed by atoms with Gasteiger partial charge in [-0.1, -0.05) is 0 Å². The van der Waals surface area contributed by atoms with Crippen LogP contribution in [0.1, 0.15) is 30.6 Å². The fourth-order valence-corrected chi connectivity index (χ4v) is 4.00. The Morgan fingerprint density at radius 2 is 2.10 bits per heavy atom. The van der Waals surface area contributed by atoms with Crippen molar-refractivity contribution in [3.8, 4) is 5.75 Å². The Kier molecular flexibility index (Phi) is 4.33. The van der Waals surface area contributed by atoms with Crippen LogP contribution in [0.5, 0.6) is 5.75 Å². The fourth-order valence-electron chi connectivity index (χ4n) is 4.00. The maximum Gasteiger partial charge on any atom is 0.324 e. The number of amides is 4. The van der Waals surface area contributed by atoms with Crippen molar-refractivity contribution in [1.82, 2.24) is 15.2 Å². The summed E-state index contributed by atoms with van der Waals surface area (Å²) in [5.41, 5.74) is 4.91. The number of nitrogens with two attached hydrogens (primary N) is 1. The molecule has 2 fully saturated rings. The van der Waals surface area contributed by atoms with E-state index in [2.05, 4.69) is 10.3 Å². The first-order valence-electron chi connectivity index (χ1n) is 9.46. The molecular formula is C20H23N5O4. The van der Waals surface area contributed by atoms with Crippen LogP contribution in [0.15, 0.2) is 24.4 Å². The Balaban J connectivity index is 1.76. The van der Waals surface area contributed by atoms with E-state index in [0.29, 0.717) is 36.6 Å². The summed E-state index contributed by atoms with van der Waals surface area (Å²) >= 11 is 0. The normalized spacial score (nSPS) is 21.5. The molecule has 1 aromatic heterocycles. The van der Waals surface area contributed by atoms with E-state index in [0.717, 1.165) is 15.7 Å². The maximum absolute atomic E-state index is 12.6. The molecule has 2 aromatic rings. The van der Waals surface area contributed by atoms with Crippen LogP contribution in [0, 0.1) is 0 Å². The zero-order chi connectivity index (χ0) is 20.9. The second-order valence-electron chi connectivity index (χ2n) is 7.78. The molecule has 1 spiro atoms. The number of ether oxygens (including phenoxy) is 1. The Morgan fingerprint density at radius 1 is 1.34 bits per heavy atom. The van der Waals surface area contributed by atoms with Crippen LogP contribution >= 0.6 is 0 Å². The van der Waals surface area contributed by atoms with Gasteiger partial charge in [-0.3, -0.25) is 14.5 Å². The van der Waals surface area contributed by atoms with E-state index in [9.17, 15) is 14.4 Å². The highest BCUT2D eigenvalue weighted by molar-refractivity contribution is 6.08. The van der Waals surface area contributed by atoms with Crippen LogP contribution in [0.4, 0.5) is 10.6 Å². The third-order valence-corrected chi connectivity index (χ3v) is 5.41. The van der Waals surface area contributed by atoms with Crippen molar-refractivity contribution >= 4 is 34.4 Å². The van der Waals surface area contributed by atoms with Crippen LogP contribution in [0.2, 0.25) is 0 Å². The third kappa shape index (κ3) is 3.02. The summed E-state index contributed by atoms with van der Waals surface area (Å²) in [4.78, 5) is 44.0. The molecule has 0 saturated carbocycles. The lowest BCUT2D eigenvalue weighted by molar-refractivity contribution is -0.129. The predicted molar refractivity (Wildman–Crippen MR) is 107 cm³/mol. The first-order valence-corrected chi connectivity index (χ1v) is 9.46. The van der Waals surface area contributed by atoms with Crippen LogP contribution in [-0.2, 0) is 4.79 Å². The number of benzene rings is 1. The van der Waals surface area contributed by atoms with Gasteiger partial charge in [-0.15, -0.1) is 0 Å². The second kappa shape index (κ2) is 6.61. The zero-order valence-electron chi connectivity index (χ0n) is 16.6. The first kappa shape index (κ1) is 19.0. The molecule has 0 radical (unpaired) electrons. The SMILES string of the molecule is CC(C)Oc1cc2c(N3CCC4(C3)NC(=O)N(C)C4=O)nccc2cc1C(N)=O. The van der Waals surface area contributed by atoms with Gasteiger partial charge in [0.15, 0.2) is 0 Å². The van der Waals surface area contributed by atoms with Gasteiger partial charge in [-0.25, -0.2) is 9.78 Å². The number of primary amides is 1. The molecule has 2 aliphatic heterocycles. The molecule has 2 saturated heterocycles. The second-order valence-corrected chi connectivity index (χ2v) is 7.78. The number of urea groups is 1. The van der Waals surface area contributed by atoms with Gasteiger partial charge < -0.3 is 20.7 Å². The molecule has 4 rings (SSSR count). The Morgan fingerprint density at radius 3 is 2.72 bits per heavy atom. The number of nitrogens with one attached hydrogen (secondary N) is 1. The van der Waals surface area contributed by atoms with Crippen LogP contribution < -0.4 is 20.7 Å². The summed E-state index contributed by atoms with van der Waals surface area (Å²) in [5.74, 6) is 0.266. The van der Waals surface area contributed by atoms with Crippen molar-refractivity contribution in [2.75, 3.05) is 25.0 Å². The number of anilines is 1. The number of imide groups is 1. The lowest BCUT2D eigenvalue weighted by atomic mass is 9.99. The average molecular weight is 397 g/mol. The number of hydrogen-bond donors (Lipinski definition) is 2. The molecule has 0 aliphatic carbocycles. The standard InChI is InChI=1S/C20H23N5O4/c1-11(2)29-15-9-13-12(8-14(15)16(21)26)4-6-22-17(13)25-7-5-20(10-25)18(27)24(3)19(28)23-20/h4,6,8-9,11H,5,7,10H2,1-3H3,(H2,21,26)(H,23,28). The molecular weight excluding hydrogens is 374 g/mol. The fraction of sp³-hybridized carbons (Fsp3) is 0.400. The number of nitrogens with zero attached hydrogens (tertiary/aromatic N) is 3. The average Bonchev–Trinajstić information content (AvgIpc) is 3.17. The largest absolute Gasteiger partial charge is 0.490 e. The summed E-state index contributed by atoms with van der Waals surface area (Å²) in [6.07, 6.45) is 2.01. The molecule has 29 heavy (non-hydrogen) atoms. The zero-order valence-corrected chi connectivity index (χ0v) is 16.6. The number of rotatable bonds is 4. The Hall–Kier alpha value is -3.36. The topological polar surface area (TPSA) is 118 Å². The minimum absolute atomic E-state index is 0.136. The van der Waals surface area contributed by atoms with Crippen molar-refractivity contribution < 1.29 is 19.1 Å². The molecule has 3 heterocycles. The number of likely N-dealkylation sites (N-methyl/N-ethyl adjacent to an activating group) is 1. The molecule has 1 aromatic carbocycles. The molecule has 2 aliphatic rings. The van der Waals surface area contributed by atoms with Crippen molar-refractivity contribution in [2.45, 2.75) is 31.9 Å². The van der Waals surface area contributed by atoms with E-state index in [1.54, 1.807) is 24.4 Å². The highest BCUT2D eigenvalue weighted by Gasteiger charge is 2.53. The van der Waals surface area contributed by atoms with Gasteiger partial charge in [0.25, 0.3) is 11.8 Å². The monoisotopic (exact) mass is 397 g/mol. The summed E-state index contributed by atoms with van der Waals surface area (Å²) in [6.45, 7) is 4.62. The van der Waals surface area contributed by atoms with Gasteiger partial charge in [0, 0.05) is 25.2 Å². The number of aromatic nitrogens is 1. The summed E-state index contributed by atoms with van der Waals surface area (Å²) in [7, 11) is 1.48. The Bertz CT molecular complexity index is 1040. The number of hydrogen-bond acceptors (Lipinski definition) is 6. The molecule has 1 atom stereocenters. The molecule has 152 valence electrons. The van der Waals surface area contributed by atoms with Gasteiger partial charge in [0.2, 0.25) is 0 Å². The lowest BCUT2D eigenvalue weighted by Crippen LogP contribution is -2.49. The lowest BCUT2D eigenvalue weighted by Gasteiger charge is -2.23. The van der Waals surface area contributed by atoms with Gasteiger partial charge in [0.05, 0.1) is 18.2 Å². The highest BCUT2D eigenvalue weighted by Crippen LogP contribution is 2.36. The van der Waals surface area contributed by atoms with Crippen molar-refractivity contribution in [3.63, 3.8) is 0 Å². The molecule has 0 bridgehead atoms. The number of pyridine rings is 1. The molecule has 1 unspecified atom stereocenters. The van der Waals surface area contributed by atoms with Crippen LogP contribution in [0.25, 0.3) is 10.8 Å². The van der Waals surface area contributed by atoms with Crippen molar-refractivity contribution in [3.05, 3.63) is 30.0 Å². The summed E-state index contributed by atoms with van der Waals surface area (Å²) in [5, 5.41) is 4.40. The van der Waals surface area contributed by atoms with Crippen molar-refractivity contribution in [2.24, 2.45) is 5.73 Å². The molecule has 4 amide bonds. The molecule has 3 N–H and O–H groups in total. The minimum atomic E-state index is -0.930. The summed E-state index contributed by atoms with van der Waals surface area (Å²) < 4.78 is 5.81. The maximum atomic E-state index is 12.6. The Labute approximate surface area is 167 Å². The smallest absolute Gasteiger partial charge is 0.324 e. The quantitative estimate of drug-likeness (QED) is 0.750. The van der Waals surface area contributed by atoms with Crippen LogP contribution in [-0.4, -0.2) is 59.5 Å². The third-order valence-electron chi connectivity index (χ3n) is 5.41.